The van der Waals surface area contributed by atoms with Crippen LogP contribution in [0.3, 0.4) is 0 Å². The topological polar surface area (TPSA) is 18.5 Å². The third-order valence-electron chi connectivity index (χ3n) is 9.36. The SMILES string of the molecule is CC1OB(c2ccc(C3=C[C@](C)(c4ccccc4)[C@](C)(c4ccccc4)C(c4ccccc4)=C3)cc2)OC1(C)C. The highest BCUT2D eigenvalue weighted by Crippen LogP contribution is 2.56. The molecule has 3 atom stereocenters. The highest BCUT2D eigenvalue weighted by molar-refractivity contribution is 6.62. The maximum absolute atomic E-state index is 6.23. The molecule has 0 spiro atoms. The van der Waals surface area contributed by atoms with Crippen molar-refractivity contribution in [2.45, 2.75) is 57.2 Å². The minimum absolute atomic E-state index is 0.0387. The predicted octanol–water partition coefficient (Wildman–Crippen LogP) is 7.99. The van der Waals surface area contributed by atoms with Gasteiger partial charge in [-0.2, -0.15) is 0 Å². The second-order valence-corrected chi connectivity index (χ2v) is 12.0. The fourth-order valence-corrected chi connectivity index (χ4v) is 6.34. The smallest absolute Gasteiger partial charge is 0.402 e. The number of benzene rings is 4. The summed E-state index contributed by atoms with van der Waals surface area (Å²) in [6, 6.07) is 41.5. The van der Waals surface area contributed by atoms with Crippen molar-refractivity contribution in [2.24, 2.45) is 0 Å². The summed E-state index contributed by atoms with van der Waals surface area (Å²) in [5.41, 5.74) is 7.65. The maximum Gasteiger partial charge on any atom is 0.494 e. The molecule has 0 bridgehead atoms. The Hall–Kier alpha value is -3.66. The third-order valence-corrected chi connectivity index (χ3v) is 9.36. The molecule has 0 amide bonds. The van der Waals surface area contributed by atoms with Crippen LogP contribution in [0.4, 0.5) is 0 Å². The zero-order valence-electron chi connectivity index (χ0n) is 24.1. The average Bonchev–Trinajstić information content (AvgIpc) is 3.27. The van der Waals surface area contributed by atoms with Crippen molar-refractivity contribution < 1.29 is 9.31 Å². The fourth-order valence-electron chi connectivity index (χ4n) is 6.34. The molecule has 1 aliphatic heterocycles. The van der Waals surface area contributed by atoms with Gasteiger partial charge in [-0.15, -0.1) is 0 Å². The molecular formula is C37H37BO2. The molecule has 1 heterocycles. The van der Waals surface area contributed by atoms with Crippen LogP contribution in [0.5, 0.6) is 0 Å². The Morgan fingerprint density at radius 3 is 1.73 bits per heavy atom. The highest BCUT2D eigenvalue weighted by atomic mass is 16.7. The van der Waals surface area contributed by atoms with E-state index < -0.39 is 0 Å². The first-order valence-electron chi connectivity index (χ1n) is 14.3. The van der Waals surface area contributed by atoms with Crippen molar-refractivity contribution in [1.29, 1.82) is 0 Å². The van der Waals surface area contributed by atoms with Crippen LogP contribution in [0.15, 0.2) is 127 Å². The van der Waals surface area contributed by atoms with Crippen molar-refractivity contribution in [3.8, 4) is 0 Å². The monoisotopic (exact) mass is 524 g/mol. The molecule has 0 aromatic heterocycles. The molecule has 6 rings (SSSR count). The molecule has 1 fully saturated rings. The van der Waals surface area contributed by atoms with Gasteiger partial charge in [0.15, 0.2) is 0 Å². The molecule has 1 aliphatic carbocycles. The van der Waals surface area contributed by atoms with Crippen molar-refractivity contribution in [1.82, 2.24) is 0 Å². The number of allylic oxidation sites excluding steroid dienone is 4. The first-order valence-corrected chi connectivity index (χ1v) is 14.3. The van der Waals surface area contributed by atoms with Gasteiger partial charge in [-0.05, 0) is 65.7 Å². The molecule has 2 nitrogen and oxygen atoms in total. The zero-order valence-corrected chi connectivity index (χ0v) is 24.1. The van der Waals surface area contributed by atoms with Crippen molar-refractivity contribution in [3.05, 3.63) is 150 Å². The van der Waals surface area contributed by atoms with Crippen LogP contribution >= 0.6 is 0 Å². The summed E-state index contributed by atoms with van der Waals surface area (Å²) in [7, 11) is -0.342. The standard InChI is InChI=1S/C37H37BO2/c1-27-35(2,3)40-38(39-27)33-23-21-28(22-24-33)30-25-34(29-15-9-6-10-16-29)37(5,32-19-13-8-14-20-32)36(4,26-30)31-17-11-7-12-18-31/h6-27H,1-5H3/t27?,36-,37-/m1/s1. The van der Waals surface area contributed by atoms with Crippen LogP contribution in [0, 0.1) is 0 Å². The van der Waals surface area contributed by atoms with Crippen LogP contribution < -0.4 is 5.46 Å². The van der Waals surface area contributed by atoms with E-state index in [1.165, 1.54) is 33.4 Å². The van der Waals surface area contributed by atoms with Crippen molar-refractivity contribution >= 4 is 23.7 Å². The van der Waals surface area contributed by atoms with Crippen LogP contribution in [-0.2, 0) is 20.1 Å². The lowest BCUT2D eigenvalue weighted by atomic mass is 9.52. The molecule has 40 heavy (non-hydrogen) atoms. The Bertz CT molecular complexity index is 1540. The average molecular weight is 525 g/mol. The Kier molecular flexibility index (Phi) is 6.69. The lowest BCUT2D eigenvalue weighted by Crippen LogP contribution is -2.46. The van der Waals surface area contributed by atoms with Crippen LogP contribution in [0.1, 0.15) is 56.9 Å². The van der Waals surface area contributed by atoms with Gasteiger partial charge >= 0.3 is 7.12 Å². The van der Waals surface area contributed by atoms with E-state index in [-0.39, 0.29) is 29.7 Å². The van der Waals surface area contributed by atoms with Crippen LogP contribution in [0.25, 0.3) is 11.1 Å². The fraction of sp³-hybridized carbons (Fsp3) is 0.243. The van der Waals surface area contributed by atoms with Gasteiger partial charge in [0.25, 0.3) is 0 Å². The molecular weight excluding hydrogens is 487 g/mol. The Labute approximate surface area is 239 Å². The lowest BCUT2D eigenvalue weighted by molar-refractivity contribution is 0.0842. The second-order valence-electron chi connectivity index (χ2n) is 12.0. The lowest BCUT2D eigenvalue weighted by Gasteiger charge is -2.50. The second kappa shape index (κ2) is 10.1. The summed E-state index contributed by atoms with van der Waals surface area (Å²) in [5.74, 6) is 0. The van der Waals surface area contributed by atoms with Gasteiger partial charge < -0.3 is 9.31 Å². The van der Waals surface area contributed by atoms with Crippen LogP contribution in [0.2, 0.25) is 0 Å². The molecule has 1 unspecified atom stereocenters. The van der Waals surface area contributed by atoms with Gasteiger partial charge in [0, 0.05) is 10.8 Å². The molecule has 4 aromatic carbocycles. The summed E-state index contributed by atoms with van der Waals surface area (Å²) >= 11 is 0. The minimum Gasteiger partial charge on any atom is -0.402 e. The molecule has 200 valence electrons. The maximum atomic E-state index is 6.23. The van der Waals surface area contributed by atoms with Crippen molar-refractivity contribution in [2.75, 3.05) is 0 Å². The van der Waals surface area contributed by atoms with E-state index >= 15 is 0 Å². The van der Waals surface area contributed by atoms with E-state index in [1.807, 2.05) is 0 Å². The van der Waals surface area contributed by atoms with E-state index in [2.05, 4.69) is 162 Å². The van der Waals surface area contributed by atoms with E-state index in [0.717, 1.165) is 5.46 Å². The van der Waals surface area contributed by atoms with E-state index in [9.17, 15) is 0 Å². The summed E-state index contributed by atoms with van der Waals surface area (Å²) in [4.78, 5) is 0. The molecule has 3 heteroatoms. The first kappa shape index (κ1) is 26.6. The molecule has 0 saturated carbocycles. The van der Waals surface area contributed by atoms with E-state index in [4.69, 9.17) is 9.31 Å². The van der Waals surface area contributed by atoms with Gasteiger partial charge in [-0.25, -0.2) is 0 Å². The normalized spacial score (nSPS) is 25.8. The number of rotatable bonds is 5. The predicted molar refractivity (Wildman–Crippen MR) is 168 cm³/mol. The first-order chi connectivity index (χ1) is 19.2. The van der Waals surface area contributed by atoms with Gasteiger partial charge in [0.1, 0.15) is 0 Å². The largest absolute Gasteiger partial charge is 0.494 e. The Balaban J connectivity index is 1.52. The molecule has 4 aromatic rings. The minimum atomic E-state index is -0.342. The Morgan fingerprint density at radius 2 is 1.18 bits per heavy atom. The quantitative estimate of drug-likeness (QED) is 0.246. The summed E-state index contributed by atoms with van der Waals surface area (Å²) in [6.45, 7) is 11.0. The summed E-state index contributed by atoms with van der Waals surface area (Å²) < 4.78 is 12.4. The van der Waals surface area contributed by atoms with Gasteiger partial charge in [0.2, 0.25) is 0 Å². The summed E-state index contributed by atoms with van der Waals surface area (Å²) in [6.07, 6.45) is 4.91. The van der Waals surface area contributed by atoms with Gasteiger partial charge in [-0.1, -0.05) is 135 Å². The Morgan fingerprint density at radius 1 is 0.625 bits per heavy atom. The van der Waals surface area contributed by atoms with Gasteiger partial charge in [0.05, 0.1) is 11.7 Å². The van der Waals surface area contributed by atoms with E-state index in [0.29, 0.717) is 0 Å². The van der Waals surface area contributed by atoms with Crippen LogP contribution in [-0.4, -0.2) is 18.8 Å². The highest BCUT2D eigenvalue weighted by Gasteiger charge is 2.50. The van der Waals surface area contributed by atoms with Gasteiger partial charge in [-0.3, -0.25) is 0 Å². The zero-order chi connectivity index (χ0) is 28.0. The summed E-state index contributed by atoms with van der Waals surface area (Å²) in [5, 5.41) is 0. The molecule has 0 N–H and O–H groups in total. The number of hydrogen-bond donors (Lipinski definition) is 0. The molecule has 2 aliphatic rings. The molecule has 0 radical (unpaired) electrons. The molecule has 1 saturated heterocycles. The number of hydrogen-bond acceptors (Lipinski definition) is 2. The van der Waals surface area contributed by atoms with E-state index in [1.54, 1.807) is 0 Å². The van der Waals surface area contributed by atoms with Crippen molar-refractivity contribution in [3.63, 3.8) is 0 Å². The third kappa shape index (κ3) is 4.38.